The van der Waals surface area contributed by atoms with Gasteiger partial charge in [-0.05, 0) is 101 Å². The Hall–Kier alpha value is -3.69. The highest BCUT2D eigenvalue weighted by molar-refractivity contribution is 6.04. The predicted octanol–water partition coefficient (Wildman–Crippen LogP) is 4.70. The van der Waals surface area contributed by atoms with Gasteiger partial charge in [-0.1, -0.05) is 6.07 Å². The van der Waals surface area contributed by atoms with Gasteiger partial charge in [0.25, 0.3) is 5.91 Å². The summed E-state index contributed by atoms with van der Waals surface area (Å²) in [4.78, 5) is 19.8. The molecule has 1 aliphatic carbocycles. The molecule has 0 radical (unpaired) electrons. The van der Waals surface area contributed by atoms with Crippen molar-refractivity contribution >= 4 is 28.4 Å². The highest BCUT2D eigenvalue weighted by atomic mass is 16.1. The van der Waals surface area contributed by atoms with Gasteiger partial charge in [-0.2, -0.15) is 5.10 Å². The molecule has 0 spiro atoms. The van der Waals surface area contributed by atoms with E-state index in [1.807, 2.05) is 48.8 Å². The molecule has 9 nitrogen and oxygen atoms in total. The van der Waals surface area contributed by atoms with Crippen molar-refractivity contribution in [3.8, 4) is 11.3 Å². The van der Waals surface area contributed by atoms with Crippen molar-refractivity contribution < 1.29 is 4.79 Å². The SMILES string of the molecule is CN1CCC(Nc2ccc(C(=O)Nc3cc(-c4ccc5ncn(CC6CCC(N)CC6)c5c4)n[nH]3)cc2)CC1. The highest BCUT2D eigenvalue weighted by Crippen LogP contribution is 2.28. The third-order valence-electron chi connectivity index (χ3n) is 8.33. The normalized spacial score (nSPS) is 20.8. The lowest BCUT2D eigenvalue weighted by Gasteiger charge is -2.30. The topological polar surface area (TPSA) is 117 Å². The number of amides is 1. The molecule has 204 valence electrons. The number of carbonyl (C=O) groups is 1. The summed E-state index contributed by atoms with van der Waals surface area (Å²) in [7, 11) is 2.16. The summed E-state index contributed by atoms with van der Waals surface area (Å²) in [6, 6.07) is 16.6. The molecule has 0 atom stereocenters. The number of nitrogens with zero attached hydrogens (tertiary/aromatic N) is 4. The molecule has 1 saturated heterocycles. The monoisotopic (exact) mass is 526 g/mol. The number of H-pyrrole nitrogens is 1. The summed E-state index contributed by atoms with van der Waals surface area (Å²) in [6.07, 6.45) is 8.74. The predicted molar refractivity (Wildman–Crippen MR) is 156 cm³/mol. The van der Waals surface area contributed by atoms with Crippen LogP contribution in [0, 0.1) is 5.92 Å². The van der Waals surface area contributed by atoms with E-state index in [0.717, 1.165) is 73.3 Å². The van der Waals surface area contributed by atoms with E-state index in [9.17, 15) is 4.79 Å². The summed E-state index contributed by atoms with van der Waals surface area (Å²) in [5.41, 5.74) is 11.6. The zero-order valence-corrected chi connectivity index (χ0v) is 22.6. The van der Waals surface area contributed by atoms with Crippen molar-refractivity contribution in [2.24, 2.45) is 11.7 Å². The summed E-state index contributed by atoms with van der Waals surface area (Å²) in [6.45, 7) is 3.18. The van der Waals surface area contributed by atoms with E-state index >= 15 is 0 Å². The molecule has 1 amide bonds. The number of nitrogens with one attached hydrogen (secondary N) is 3. The van der Waals surface area contributed by atoms with Gasteiger partial charge >= 0.3 is 0 Å². The second-order valence-electron chi connectivity index (χ2n) is 11.3. The quantitative estimate of drug-likeness (QED) is 0.277. The Balaban J connectivity index is 1.09. The fourth-order valence-electron chi connectivity index (χ4n) is 5.85. The molecule has 0 unspecified atom stereocenters. The summed E-state index contributed by atoms with van der Waals surface area (Å²) in [5, 5.41) is 14.0. The Bertz CT molecular complexity index is 1410. The maximum Gasteiger partial charge on any atom is 0.256 e. The van der Waals surface area contributed by atoms with Crippen molar-refractivity contribution in [1.29, 1.82) is 0 Å². The summed E-state index contributed by atoms with van der Waals surface area (Å²) >= 11 is 0. The van der Waals surface area contributed by atoms with E-state index in [1.165, 1.54) is 12.8 Å². The van der Waals surface area contributed by atoms with Crippen LogP contribution in [0.1, 0.15) is 48.9 Å². The minimum Gasteiger partial charge on any atom is -0.382 e. The second kappa shape index (κ2) is 11.2. The molecule has 2 aromatic heterocycles. The number of carbonyl (C=O) groups excluding carboxylic acids is 1. The lowest BCUT2D eigenvalue weighted by Crippen LogP contribution is -2.36. The molecular formula is C30H38N8O. The average Bonchev–Trinajstić information content (AvgIpc) is 3.58. The molecule has 9 heteroatoms. The number of fused-ring (bicyclic) bond motifs is 1. The first kappa shape index (κ1) is 25.6. The van der Waals surface area contributed by atoms with Crippen molar-refractivity contribution in [3.05, 3.63) is 60.4 Å². The molecule has 3 heterocycles. The Morgan fingerprint density at radius 2 is 1.79 bits per heavy atom. The fourth-order valence-corrected chi connectivity index (χ4v) is 5.85. The minimum atomic E-state index is -0.170. The van der Waals surface area contributed by atoms with Crippen LogP contribution < -0.4 is 16.4 Å². The first-order valence-electron chi connectivity index (χ1n) is 14.1. The van der Waals surface area contributed by atoms with E-state index in [0.29, 0.717) is 29.4 Å². The van der Waals surface area contributed by atoms with Gasteiger partial charge in [0.05, 0.1) is 23.1 Å². The molecule has 0 bridgehead atoms. The number of rotatable bonds is 7. The number of piperidine rings is 1. The van der Waals surface area contributed by atoms with Gasteiger partial charge < -0.3 is 25.8 Å². The number of aromatic amines is 1. The van der Waals surface area contributed by atoms with Crippen LogP contribution in [0.3, 0.4) is 0 Å². The number of imidazole rings is 1. The van der Waals surface area contributed by atoms with Crippen molar-refractivity contribution in [2.75, 3.05) is 30.8 Å². The van der Waals surface area contributed by atoms with Gasteiger partial charge in [0.1, 0.15) is 5.82 Å². The number of aromatic nitrogens is 4. The molecule has 39 heavy (non-hydrogen) atoms. The Kier molecular flexibility index (Phi) is 7.34. The molecule has 2 fully saturated rings. The molecule has 1 saturated carbocycles. The van der Waals surface area contributed by atoms with E-state index in [1.54, 1.807) is 0 Å². The maximum absolute atomic E-state index is 12.9. The Labute approximate surface area is 229 Å². The van der Waals surface area contributed by atoms with Crippen molar-refractivity contribution in [2.45, 2.75) is 57.2 Å². The standard InChI is InChI=1S/C30H38N8O/c1-37-14-12-25(13-15-37)33-24-9-4-21(5-10-24)30(39)34-29-17-27(35-36-29)22-6-11-26-28(16-22)38(19-32-26)18-20-2-7-23(31)8-3-20/h4-6,9-11,16-17,19-20,23,25,33H,2-3,7-8,12-15,18,31H2,1H3,(H2,34,35,36,39). The van der Waals surface area contributed by atoms with Crippen LogP contribution in [0.2, 0.25) is 0 Å². The third kappa shape index (κ3) is 5.99. The van der Waals surface area contributed by atoms with Gasteiger partial charge in [0.2, 0.25) is 0 Å². The van der Waals surface area contributed by atoms with E-state index in [2.05, 4.69) is 48.4 Å². The van der Waals surface area contributed by atoms with E-state index < -0.39 is 0 Å². The van der Waals surface area contributed by atoms with E-state index in [4.69, 9.17) is 5.73 Å². The maximum atomic E-state index is 12.9. The van der Waals surface area contributed by atoms with Crippen LogP contribution in [-0.4, -0.2) is 62.8 Å². The zero-order valence-electron chi connectivity index (χ0n) is 22.6. The highest BCUT2D eigenvalue weighted by Gasteiger charge is 2.20. The first-order chi connectivity index (χ1) is 19.0. The molecule has 2 aliphatic rings. The fraction of sp³-hybridized carbons (Fsp3) is 0.433. The number of hydrogen-bond donors (Lipinski definition) is 4. The van der Waals surface area contributed by atoms with Gasteiger partial charge in [-0.3, -0.25) is 9.89 Å². The Morgan fingerprint density at radius 1 is 1.03 bits per heavy atom. The van der Waals surface area contributed by atoms with Crippen LogP contribution in [0.25, 0.3) is 22.3 Å². The second-order valence-corrected chi connectivity index (χ2v) is 11.3. The lowest BCUT2D eigenvalue weighted by molar-refractivity contribution is 0.102. The molecular weight excluding hydrogens is 488 g/mol. The average molecular weight is 527 g/mol. The number of hydrogen-bond acceptors (Lipinski definition) is 6. The summed E-state index contributed by atoms with van der Waals surface area (Å²) < 4.78 is 2.25. The minimum absolute atomic E-state index is 0.170. The zero-order chi connectivity index (χ0) is 26.8. The van der Waals surface area contributed by atoms with Gasteiger partial charge in [-0.25, -0.2) is 4.98 Å². The number of nitrogens with two attached hydrogens (primary N) is 1. The largest absolute Gasteiger partial charge is 0.382 e. The number of anilines is 2. The number of benzene rings is 2. The van der Waals surface area contributed by atoms with Crippen molar-refractivity contribution in [1.82, 2.24) is 24.6 Å². The summed E-state index contributed by atoms with van der Waals surface area (Å²) in [5.74, 6) is 1.03. The van der Waals surface area contributed by atoms with Crippen LogP contribution in [0.5, 0.6) is 0 Å². The molecule has 1 aliphatic heterocycles. The third-order valence-corrected chi connectivity index (χ3v) is 8.33. The van der Waals surface area contributed by atoms with Crippen LogP contribution in [0.4, 0.5) is 11.5 Å². The molecule has 2 aromatic carbocycles. The molecule has 5 N–H and O–H groups in total. The first-order valence-corrected chi connectivity index (χ1v) is 14.1. The smallest absolute Gasteiger partial charge is 0.256 e. The van der Waals surface area contributed by atoms with Gasteiger partial charge in [0.15, 0.2) is 0 Å². The van der Waals surface area contributed by atoms with Crippen molar-refractivity contribution in [3.63, 3.8) is 0 Å². The lowest BCUT2D eigenvalue weighted by atomic mass is 9.86. The van der Waals surface area contributed by atoms with Crippen LogP contribution >= 0.6 is 0 Å². The molecule has 4 aromatic rings. The van der Waals surface area contributed by atoms with Gasteiger partial charge in [-0.15, -0.1) is 0 Å². The Morgan fingerprint density at radius 3 is 2.56 bits per heavy atom. The van der Waals surface area contributed by atoms with E-state index in [-0.39, 0.29) is 5.91 Å². The molecule has 6 rings (SSSR count). The number of likely N-dealkylation sites (tertiary alicyclic amines) is 1. The van der Waals surface area contributed by atoms with Crippen LogP contribution in [0.15, 0.2) is 54.9 Å². The van der Waals surface area contributed by atoms with Gasteiger partial charge in [0, 0.05) is 41.5 Å². The van der Waals surface area contributed by atoms with Crippen LogP contribution in [-0.2, 0) is 6.54 Å².